The molecule has 0 aliphatic carbocycles. The lowest BCUT2D eigenvalue weighted by atomic mass is 9.93. The van der Waals surface area contributed by atoms with Crippen LogP contribution in [-0.4, -0.2) is 21.8 Å². The van der Waals surface area contributed by atoms with E-state index in [-0.39, 0.29) is 6.47 Å². The Morgan fingerprint density at radius 1 is 1.00 bits per heavy atom. The largest absolute Gasteiger partial charge is 0.483 e. The summed E-state index contributed by atoms with van der Waals surface area (Å²) in [5, 5.41) is 21.2. The standard InChI is InChI=1S/C23H18N2S.CH2O2/c1-15(2)26-18-9-7-17-13-25-14-23(22(17)11-18)21-10-8-16(12-24)19-5-3-4-6-20(19)21;2-1-3/h3-11,13-15H,1-2H3;1H,(H,2,3). The van der Waals surface area contributed by atoms with Crippen LogP contribution < -0.4 is 0 Å². The van der Waals surface area contributed by atoms with Crippen molar-refractivity contribution < 1.29 is 9.90 Å². The lowest BCUT2D eigenvalue weighted by Crippen LogP contribution is -1.90. The molecule has 0 radical (unpaired) electrons. The number of benzene rings is 3. The summed E-state index contributed by atoms with van der Waals surface area (Å²) < 4.78 is 0. The number of hydrogen-bond acceptors (Lipinski definition) is 4. The van der Waals surface area contributed by atoms with Crippen LogP contribution in [0.3, 0.4) is 0 Å². The molecule has 0 atom stereocenters. The van der Waals surface area contributed by atoms with E-state index in [1.165, 1.54) is 10.3 Å². The Bertz CT molecular complexity index is 1210. The van der Waals surface area contributed by atoms with Crippen LogP contribution in [0.5, 0.6) is 0 Å². The second-order valence-corrected chi connectivity index (χ2v) is 8.31. The average Bonchev–Trinajstić information content (AvgIpc) is 2.73. The molecular formula is C24H20N2O2S. The van der Waals surface area contributed by atoms with E-state index in [1.54, 1.807) is 0 Å². The molecule has 3 aromatic carbocycles. The minimum atomic E-state index is -0.250. The minimum Gasteiger partial charge on any atom is -0.483 e. The molecule has 29 heavy (non-hydrogen) atoms. The van der Waals surface area contributed by atoms with E-state index in [2.05, 4.69) is 49.2 Å². The van der Waals surface area contributed by atoms with E-state index in [9.17, 15) is 5.26 Å². The molecule has 0 saturated carbocycles. The molecule has 0 amide bonds. The van der Waals surface area contributed by atoms with Crippen LogP contribution in [0, 0.1) is 11.3 Å². The number of nitriles is 1. The van der Waals surface area contributed by atoms with Gasteiger partial charge in [0.2, 0.25) is 0 Å². The smallest absolute Gasteiger partial charge is 0.290 e. The van der Waals surface area contributed by atoms with Crippen molar-refractivity contribution in [1.29, 1.82) is 5.26 Å². The zero-order valence-electron chi connectivity index (χ0n) is 16.2. The van der Waals surface area contributed by atoms with Crippen LogP contribution in [-0.2, 0) is 4.79 Å². The first-order valence-electron chi connectivity index (χ1n) is 9.13. The summed E-state index contributed by atoms with van der Waals surface area (Å²) in [6.07, 6.45) is 3.84. The highest BCUT2D eigenvalue weighted by Crippen LogP contribution is 2.36. The van der Waals surface area contributed by atoms with Crippen LogP contribution in [0.25, 0.3) is 32.7 Å². The average molecular weight is 401 g/mol. The van der Waals surface area contributed by atoms with Crippen molar-refractivity contribution in [1.82, 2.24) is 4.98 Å². The highest BCUT2D eigenvalue weighted by atomic mass is 32.2. The Kier molecular flexibility index (Phi) is 6.48. The van der Waals surface area contributed by atoms with Crippen molar-refractivity contribution in [3.05, 3.63) is 72.6 Å². The predicted molar refractivity (Wildman–Crippen MR) is 119 cm³/mol. The highest BCUT2D eigenvalue weighted by molar-refractivity contribution is 7.99. The van der Waals surface area contributed by atoms with Crippen LogP contribution in [0.15, 0.2) is 71.9 Å². The second-order valence-electron chi connectivity index (χ2n) is 6.66. The molecule has 1 heterocycles. The molecule has 0 saturated heterocycles. The topological polar surface area (TPSA) is 74.0 Å². The molecule has 144 valence electrons. The first-order chi connectivity index (χ1) is 14.1. The monoisotopic (exact) mass is 400 g/mol. The number of fused-ring (bicyclic) bond motifs is 2. The van der Waals surface area contributed by atoms with Crippen molar-refractivity contribution in [3.8, 4) is 17.2 Å². The maximum atomic E-state index is 9.42. The number of pyridine rings is 1. The summed E-state index contributed by atoms with van der Waals surface area (Å²) in [5.74, 6) is 0. The Morgan fingerprint density at radius 2 is 1.72 bits per heavy atom. The third kappa shape index (κ3) is 4.39. The molecule has 4 aromatic rings. The third-order valence-corrected chi connectivity index (χ3v) is 5.44. The van der Waals surface area contributed by atoms with Gasteiger partial charge in [0.25, 0.3) is 6.47 Å². The molecule has 0 spiro atoms. The number of thioether (sulfide) groups is 1. The number of carbonyl (C=O) groups is 1. The molecule has 0 fully saturated rings. The maximum Gasteiger partial charge on any atom is 0.290 e. The van der Waals surface area contributed by atoms with E-state index >= 15 is 0 Å². The second kappa shape index (κ2) is 9.22. The van der Waals surface area contributed by atoms with Gasteiger partial charge >= 0.3 is 0 Å². The van der Waals surface area contributed by atoms with E-state index in [1.807, 2.05) is 54.5 Å². The molecule has 4 nitrogen and oxygen atoms in total. The fourth-order valence-electron chi connectivity index (χ4n) is 3.33. The first-order valence-corrected chi connectivity index (χ1v) is 10.0. The summed E-state index contributed by atoms with van der Waals surface area (Å²) >= 11 is 1.86. The molecule has 4 rings (SSSR count). The molecule has 0 unspecified atom stereocenters. The zero-order chi connectivity index (χ0) is 20.8. The highest BCUT2D eigenvalue weighted by Gasteiger charge is 2.11. The quantitative estimate of drug-likeness (QED) is 0.331. The van der Waals surface area contributed by atoms with Gasteiger partial charge in [0.05, 0.1) is 11.6 Å². The maximum absolute atomic E-state index is 9.42. The van der Waals surface area contributed by atoms with E-state index in [0.717, 1.165) is 27.3 Å². The normalized spacial score (nSPS) is 10.4. The van der Waals surface area contributed by atoms with Crippen LogP contribution in [0.4, 0.5) is 0 Å². The van der Waals surface area contributed by atoms with Crippen LogP contribution >= 0.6 is 11.8 Å². The van der Waals surface area contributed by atoms with Crippen LogP contribution in [0.2, 0.25) is 0 Å². The van der Waals surface area contributed by atoms with Gasteiger partial charge in [0, 0.05) is 38.9 Å². The van der Waals surface area contributed by atoms with Gasteiger partial charge in [-0.15, -0.1) is 11.8 Å². The minimum absolute atomic E-state index is 0.250. The molecule has 5 heteroatoms. The fraction of sp³-hybridized carbons (Fsp3) is 0.125. The van der Waals surface area contributed by atoms with Gasteiger partial charge in [-0.3, -0.25) is 9.78 Å². The lowest BCUT2D eigenvalue weighted by molar-refractivity contribution is -0.122. The summed E-state index contributed by atoms with van der Waals surface area (Å²) in [4.78, 5) is 14.1. The summed E-state index contributed by atoms with van der Waals surface area (Å²) in [6.45, 7) is 4.16. The Balaban J connectivity index is 0.000000755. The van der Waals surface area contributed by atoms with E-state index < -0.39 is 0 Å². The molecule has 0 bridgehead atoms. The fourth-order valence-corrected chi connectivity index (χ4v) is 4.21. The summed E-state index contributed by atoms with van der Waals surface area (Å²) in [7, 11) is 0. The summed E-state index contributed by atoms with van der Waals surface area (Å²) in [5.41, 5.74) is 2.92. The van der Waals surface area contributed by atoms with Crippen molar-refractivity contribution >= 4 is 39.8 Å². The van der Waals surface area contributed by atoms with E-state index in [0.29, 0.717) is 10.8 Å². The first kappa shape index (κ1) is 20.4. The van der Waals surface area contributed by atoms with Gasteiger partial charge in [0.15, 0.2) is 0 Å². The molecule has 1 aromatic heterocycles. The van der Waals surface area contributed by atoms with Gasteiger partial charge in [-0.25, -0.2) is 0 Å². The summed E-state index contributed by atoms with van der Waals surface area (Å²) in [6, 6.07) is 20.9. The Labute approximate surface area is 173 Å². The van der Waals surface area contributed by atoms with Gasteiger partial charge in [-0.2, -0.15) is 5.26 Å². The molecular weight excluding hydrogens is 380 g/mol. The SMILES string of the molecule is CC(C)Sc1ccc2cncc(-c3ccc(C#N)c4ccccc34)c2c1.O=CO. The third-order valence-electron chi connectivity index (χ3n) is 4.44. The molecule has 1 N–H and O–H groups in total. The van der Waals surface area contributed by atoms with E-state index in [4.69, 9.17) is 9.90 Å². The Hall–Kier alpha value is -3.36. The van der Waals surface area contributed by atoms with Gasteiger partial charge in [-0.1, -0.05) is 50.2 Å². The predicted octanol–water partition coefficient (Wildman–Crippen LogP) is 6.13. The number of nitrogens with zero attached hydrogens (tertiary/aromatic N) is 2. The van der Waals surface area contributed by atoms with Gasteiger partial charge in [0.1, 0.15) is 0 Å². The van der Waals surface area contributed by atoms with Crippen LogP contribution in [0.1, 0.15) is 19.4 Å². The van der Waals surface area contributed by atoms with Crippen molar-refractivity contribution in [2.24, 2.45) is 0 Å². The number of rotatable bonds is 3. The molecule has 0 aliphatic rings. The van der Waals surface area contributed by atoms with Crippen molar-refractivity contribution in [3.63, 3.8) is 0 Å². The van der Waals surface area contributed by atoms with Crippen molar-refractivity contribution in [2.45, 2.75) is 24.0 Å². The number of hydrogen-bond donors (Lipinski definition) is 1. The zero-order valence-corrected chi connectivity index (χ0v) is 17.0. The van der Waals surface area contributed by atoms with Crippen molar-refractivity contribution in [2.75, 3.05) is 0 Å². The Morgan fingerprint density at radius 3 is 2.41 bits per heavy atom. The number of carboxylic acid groups (broad SMARTS) is 1. The van der Waals surface area contributed by atoms with Gasteiger partial charge in [-0.05, 0) is 34.5 Å². The van der Waals surface area contributed by atoms with Gasteiger partial charge < -0.3 is 5.11 Å². The number of aromatic nitrogens is 1. The lowest BCUT2D eigenvalue weighted by Gasteiger charge is -2.12. The molecule has 0 aliphatic heterocycles.